The maximum absolute atomic E-state index is 12.5. The summed E-state index contributed by atoms with van der Waals surface area (Å²) in [5.74, 6) is 0.169. The highest BCUT2D eigenvalue weighted by molar-refractivity contribution is 7.15. The Morgan fingerprint density at radius 1 is 1.30 bits per heavy atom. The average Bonchev–Trinajstić information content (AvgIpc) is 2.88. The van der Waals surface area contributed by atoms with Crippen LogP contribution >= 0.6 is 22.9 Å². The van der Waals surface area contributed by atoms with Gasteiger partial charge in [-0.15, -0.1) is 10.2 Å². The monoisotopic (exact) mass is 353 g/mol. The van der Waals surface area contributed by atoms with Crippen molar-refractivity contribution in [2.24, 2.45) is 0 Å². The number of aromatic nitrogens is 2. The Bertz CT molecular complexity index is 708. The Balaban J connectivity index is 2.23. The van der Waals surface area contributed by atoms with Gasteiger partial charge in [-0.1, -0.05) is 43.7 Å². The number of anilines is 1. The number of nitrogens with zero attached hydrogens (tertiary/aromatic N) is 2. The van der Waals surface area contributed by atoms with Gasteiger partial charge >= 0.3 is 0 Å². The number of hydrogen-bond acceptors (Lipinski definition) is 5. The van der Waals surface area contributed by atoms with Gasteiger partial charge in [0.2, 0.25) is 5.13 Å². The Morgan fingerprint density at radius 3 is 2.57 bits per heavy atom. The topological polar surface area (TPSA) is 64.1 Å². The molecule has 0 fully saturated rings. The predicted molar refractivity (Wildman–Crippen MR) is 93.8 cm³/mol. The Kier molecular flexibility index (Phi) is 5.26. The van der Waals surface area contributed by atoms with E-state index in [9.17, 15) is 4.79 Å². The molecule has 0 aliphatic heterocycles. The zero-order valence-corrected chi connectivity index (χ0v) is 15.4. The molecule has 0 unspecified atom stereocenters. The molecule has 0 saturated carbocycles. The number of rotatable bonds is 4. The first-order chi connectivity index (χ1) is 10.7. The Hall–Kier alpha value is -1.66. The van der Waals surface area contributed by atoms with Crippen molar-refractivity contribution >= 4 is 34.0 Å². The maximum Gasteiger partial charge on any atom is 0.261 e. The quantitative estimate of drug-likeness (QED) is 0.877. The van der Waals surface area contributed by atoms with Crippen LogP contribution in [0.4, 0.5) is 5.13 Å². The molecule has 0 bridgehead atoms. The number of hydrogen-bond donors (Lipinski definition) is 1. The summed E-state index contributed by atoms with van der Waals surface area (Å²) in [6.07, 6.45) is -0.0447. The van der Waals surface area contributed by atoms with Gasteiger partial charge in [0, 0.05) is 10.4 Å². The first-order valence-corrected chi connectivity index (χ1v) is 8.48. The highest BCUT2D eigenvalue weighted by atomic mass is 35.5. The largest absolute Gasteiger partial charge is 0.490 e. The lowest BCUT2D eigenvalue weighted by Crippen LogP contribution is -2.15. The van der Waals surface area contributed by atoms with Crippen LogP contribution in [0.2, 0.25) is 5.02 Å². The van der Waals surface area contributed by atoms with Crippen LogP contribution in [0.15, 0.2) is 18.2 Å². The van der Waals surface area contributed by atoms with E-state index in [4.69, 9.17) is 16.3 Å². The molecule has 2 aromatic rings. The van der Waals surface area contributed by atoms with E-state index in [1.165, 1.54) is 11.3 Å². The third-order valence-electron chi connectivity index (χ3n) is 2.84. The zero-order valence-electron chi connectivity index (χ0n) is 13.8. The lowest BCUT2D eigenvalue weighted by molar-refractivity contribution is 0.102. The maximum atomic E-state index is 12.5. The van der Waals surface area contributed by atoms with Gasteiger partial charge in [-0.25, -0.2) is 0 Å². The van der Waals surface area contributed by atoms with Crippen LogP contribution in [0.3, 0.4) is 0 Å². The van der Waals surface area contributed by atoms with Crippen molar-refractivity contribution in [2.45, 2.75) is 46.1 Å². The molecule has 0 spiro atoms. The van der Waals surface area contributed by atoms with Gasteiger partial charge in [0.15, 0.2) is 0 Å². The van der Waals surface area contributed by atoms with Crippen molar-refractivity contribution < 1.29 is 9.53 Å². The van der Waals surface area contributed by atoms with Crippen LogP contribution in [-0.4, -0.2) is 22.2 Å². The molecule has 1 heterocycles. The minimum atomic E-state index is -0.320. The van der Waals surface area contributed by atoms with E-state index in [-0.39, 0.29) is 17.4 Å². The van der Waals surface area contributed by atoms with Crippen molar-refractivity contribution in [3.63, 3.8) is 0 Å². The van der Waals surface area contributed by atoms with Crippen molar-refractivity contribution in [3.8, 4) is 5.75 Å². The van der Waals surface area contributed by atoms with E-state index in [0.717, 1.165) is 5.01 Å². The summed E-state index contributed by atoms with van der Waals surface area (Å²) in [6, 6.07) is 4.97. The number of benzene rings is 1. The van der Waals surface area contributed by atoms with E-state index in [1.54, 1.807) is 18.2 Å². The minimum absolute atomic E-state index is 0.0447. The van der Waals surface area contributed by atoms with Gasteiger partial charge in [0.1, 0.15) is 10.8 Å². The molecule has 1 aromatic heterocycles. The van der Waals surface area contributed by atoms with E-state index >= 15 is 0 Å². The normalized spacial score (nSPS) is 11.6. The van der Waals surface area contributed by atoms with Gasteiger partial charge in [0.05, 0.1) is 11.7 Å². The molecule has 1 aromatic carbocycles. The molecule has 2 rings (SSSR count). The third kappa shape index (κ3) is 4.65. The molecule has 1 N–H and O–H groups in total. The number of nitrogens with one attached hydrogen (secondary N) is 1. The number of carbonyl (C=O) groups excluding carboxylic acids is 1. The second-order valence-corrected chi connectivity index (χ2v) is 7.84. The molecule has 7 heteroatoms. The van der Waals surface area contributed by atoms with Crippen molar-refractivity contribution in [1.29, 1.82) is 0 Å². The molecule has 0 atom stereocenters. The number of amides is 1. The number of halogens is 1. The molecule has 0 aliphatic rings. The van der Waals surface area contributed by atoms with Crippen molar-refractivity contribution in [2.75, 3.05) is 5.32 Å². The second-order valence-electron chi connectivity index (χ2n) is 6.42. The summed E-state index contributed by atoms with van der Waals surface area (Å²) in [6.45, 7) is 9.94. The first-order valence-electron chi connectivity index (χ1n) is 7.28. The molecular formula is C16H20ClN3O2S. The molecular weight excluding hydrogens is 334 g/mol. The SMILES string of the molecule is CC(C)Oc1ccc(Cl)cc1C(=O)Nc1nnc(C(C)(C)C)s1. The fraction of sp³-hybridized carbons (Fsp3) is 0.438. The standard InChI is InChI=1S/C16H20ClN3O2S/c1-9(2)22-12-7-6-10(17)8-11(12)13(21)18-15-20-19-14(23-15)16(3,4)5/h6-9H,1-5H3,(H,18,20,21). The van der Waals surface area contributed by atoms with Gasteiger partial charge in [-0.05, 0) is 32.0 Å². The van der Waals surface area contributed by atoms with Gasteiger partial charge < -0.3 is 4.74 Å². The molecule has 0 saturated heterocycles. The summed E-state index contributed by atoms with van der Waals surface area (Å²) >= 11 is 7.36. The fourth-order valence-electron chi connectivity index (χ4n) is 1.78. The fourth-order valence-corrected chi connectivity index (χ4v) is 2.75. The molecule has 0 radical (unpaired) electrons. The summed E-state index contributed by atoms with van der Waals surface area (Å²) in [5, 5.41) is 12.7. The van der Waals surface area contributed by atoms with Crippen LogP contribution in [0.5, 0.6) is 5.75 Å². The van der Waals surface area contributed by atoms with E-state index in [1.807, 2.05) is 34.6 Å². The van der Waals surface area contributed by atoms with E-state index in [2.05, 4.69) is 15.5 Å². The first kappa shape index (κ1) is 17.7. The molecule has 1 amide bonds. The number of ether oxygens (including phenoxy) is 1. The van der Waals surface area contributed by atoms with Gasteiger partial charge in [-0.2, -0.15) is 0 Å². The van der Waals surface area contributed by atoms with Gasteiger partial charge in [0.25, 0.3) is 5.91 Å². The van der Waals surface area contributed by atoms with Crippen LogP contribution < -0.4 is 10.1 Å². The van der Waals surface area contributed by atoms with E-state index < -0.39 is 0 Å². The molecule has 5 nitrogen and oxygen atoms in total. The summed E-state index contributed by atoms with van der Waals surface area (Å²) in [4.78, 5) is 12.5. The molecule has 124 valence electrons. The molecule has 0 aliphatic carbocycles. The lowest BCUT2D eigenvalue weighted by Gasteiger charge is -2.14. The van der Waals surface area contributed by atoms with E-state index in [0.29, 0.717) is 21.5 Å². The smallest absolute Gasteiger partial charge is 0.261 e. The van der Waals surface area contributed by atoms with Crippen molar-refractivity contribution in [1.82, 2.24) is 10.2 Å². The van der Waals surface area contributed by atoms with Crippen molar-refractivity contribution in [3.05, 3.63) is 33.8 Å². The number of carbonyl (C=O) groups is 1. The van der Waals surface area contributed by atoms with Crippen LogP contribution in [0.25, 0.3) is 0 Å². The van der Waals surface area contributed by atoms with Gasteiger partial charge in [-0.3, -0.25) is 10.1 Å². The van der Waals surface area contributed by atoms with Crippen LogP contribution in [0.1, 0.15) is 50.0 Å². The Labute approximate surface area is 145 Å². The predicted octanol–water partition coefficient (Wildman–Crippen LogP) is 4.53. The van der Waals surface area contributed by atoms with Crippen LogP contribution in [-0.2, 0) is 5.41 Å². The minimum Gasteiger partial charge on any atom is -0.490 e. The lowest BCUT2D eigenvalue weighted by atomic mass is 9.98. The zero-order chi connectivity index (χ0) is 17.2. The highest BCUT2D eigenvalue weighted by Gasteiger charge is 2.21. The molecule has 23 heavy (non-hydrogen) atoms. The van der Waals surface area contributed by atoms with Crippen LogP contribution in [0, 0.1) is 0 Å². The third-order valence-corrected chi connectivity index (χ3v) is 4.34. The Morgan fingerprint density at radius 2 is 2.00 bits per heavy atom. The highest BCUT2D eigenvalue weighted by Crippen LogP contribution is 2.29. The summed E-state index contributed by atoms with van der Waals surface area (Å²) in [5.41, 5.74) is 0.265. The summed E-state index contributed by atoms with van der Waals surface area (Å²) in [7, 11) is 0. The second kappa shape index (κ2) is 6.84. The average molecular weight is 354 g/mol. The summed E-state index contributed by atoms with van der Waals surface area (Å²) < 4.78 is 5.67.